The van der Waals surface area contributed by atoms with Crippen LogP contribution in [0.2, 0.25) is 0 Å². The van der Waals surface area contributed by atoms with Crippen LogP contribution in [0.3, 0.4) is 0 Å². The van der Waals surface area contributed by atoms with E-state index in [2.05, 4.69) is 5.32 Å². The highest BCUT2D eigenvalue weighted by atomic mass is 16.5. The maximum atomic E-state index is 11.9. The Bertz CT molecular complexity index is 566. The summed E-state index contributed by atoms with van der Waals surface area (Å²) in [4.78, 5) is 11.9. The number of nitrogens with one attached hydrogen (secondary N) is 1. The summed E-state index contributed by atoms with van der Waals surface area (Å²) in [5.41, 5.74) is 0.570. The molecule has 0 aliphatic carbocycles. The van der Waals surface area contributed by atoms with E-state index >= 15 is 0 Å². The van der Waals surface area contributed by atoms with Crippen molar-refractivity contribution in [2.24, 2.45) is 5.92 Å². The number of hydrogen-bond donors (Lipinski definition) is 2. The van der Waals surface area contributed by atoms with Crippen LogP contribution in [0.5, 0.6) is 11.5 Å². The van der Waals surface area contributed by atoms with Crippen LogP contribution >= 0.6 is 0 Å². The van der Waals surface area contributed by atoms with Gasteiger partial charge in [-0.15, -0.1) is 0 Å². The highest BCUT2D eigenvalue weighted by Gasteiger charge is 2.07. The molecule has 1 unspecified atom stereocenters. The Morgan fingerprint density at radius 3 is 2.33 bits per heavy atom. The molecule has 0 aromatic heterocycles. The number of benzene rings is 2. The second kappa shape index (κ2) is 7.45. The summed E-state index contributed by atoms with van der Waals surface area (Å²) in [5, 5.41) is 11.7. The number of carbonyl (C=O) groups is 1. The van der Waals surface area contributed by atoms with Gasteiger partial charge >= 0.3 is 0 Å². The van der Waals surface area contributed by atoms with E-state index in [0.717, 1.165) is 5.75 Å². The van der Waals surface area contributed by atoms with Crippen LogP contribution in [-0.4, -0.2) is 24.2 Å². The van der Waals surface area contributed by atoms with Crippen LogP contribution in [0.1, 0.15) is 17.3 Å². The van der Waals surface area contributed by atoms with E-state index in [-0.39, 0.29) is 18.4 Å². The lowest BCUT2D eigenvalue weighted by atomic mass is 10.1. The molecule has 0 fully saturated rings. The van der Waals surface area contributed by atoms with Gasteiger partial charge in [-0.25, -0.2) is 0 Å². The molecule has 4 nitrogen and oxygen atoms in total. The van der Waals surface area contributed by atoms with E-state index in [0.29, 0.717) is 17.9 Å². The molecule has 2 N–H and O–H groups in total. The summed E-state index contributed by atoms with van der Waals surface area (Å²) >= 11 is 0. The number of para-hydroxylation sites is 1. The predicted octanol–water partition coefficient (Wildman–Crippen LogP) is 2.84. The smallest absolute Gasteiger partial charge is 0.251 e. The second-order valence-electron chi connectivity index (χ2n) is 4.94. The lowest BCUT2D eigenvalue weighted by Gasteiger charge is -2.10. The highest BCUT2D eigenvalue weighted by Crippen LogP contribution is 2.21. The zero-order valence-corrected chi connectivity index (χ0v) is 12.0. The van der Waals surface area contributed by atoms with Crippen molar-refractivity contribution in [2.45, 2.75) is 6.92 Å². The number of rotatable bonds is 6. The maximum Gasteiger partial charge on any atom is 0.251 e. The first kappa shape index (κ1) is 15.1. The van der Waals surface area contributed by atoms with Crippen molar-refractivity contribution in [2.75, 3.05) is 13.2 Å². The molecule has 0 heterocycles. The van der Waals surface area contributed by atoms with Gasteiger partial charge in [-0.2, -0.15) is 0 Å². The molecule has 0 saturated heterocycles. The van der Waals surface area contributed by atoms with Crippen LogP contribution in [0, 0.1) is 5.92 Å². The summed E-state index contributed by atoms with van der Waals surface area (Å²) in [6.07, 6.45) is 0. The van der Waals surface area contributed by atoms with Crippen LogP contribution in [0.25, 0.3) is 0 Å². The third-order valence-corrected chi connectivity index (χ3v) is 3.02. The Morgan fingerprint density at radius 2 is 1.71 bits per heavy atom. The van der Waals surface area contributed by atoms with Gasteiger partial charge < -0.3 is 15.2 Å². The lowest BCUT2D eigenvalue weighted by Crippen LogP contribution is -2.29. The fourth-order valence-corrected chi connectivity index (χ4v) is 1.73. The number of amides is 1. The van der Waals surface area contributed by atoms with E-state index in [1.165, 1.54) is 0 Å². The second-order valence-corrected chi connectivity index (χ2v) is 4.94. The van der Waals surface area contributed by atoms with Gasteiger partial charge in [-0.3, -0.25) is 4.79 Å². The topological polar surface area (TPSA) is 58.6 Å². The standard InChI is InChI=1S/C17H19NO3/c1-13(12-19)11-18-17(20)14-7-9-16(10-8-14)21-15-5-3-2-4-6-15/h2-10,13,19H,11-12H2,1H3,(H,18,20). The third-order valence-electron chi connectivity index (χ3n) is 3.02. The van der Waals surface area contributed by atoms with Gasteiger partial charge in [0.2, 0.25) is 0 Å². The molecule has 0 bridgehead atoms. The highest BCUT2D eigenvalue weighted by molar-refractivity contribution is 5.94. The molecule has 0 saturated carbocycles. The van der Waals surface area contributed by atoms with Crippen LogP contribution in [-0.2, 0) is 0 Å². The molecular formula is C17H19NO3. The molecule has 1 atom stereocenters. The van der Waals surface area contributed by atoms with Crippen molar-refractivity contribution in [3.05, 3.63) is 60.2 Å². The molecule has 0 radical (unpaired) electrons. The Labute approximate surface area is 124 Å². The number of aliphatic hydroxyl groups excluding tert-OH is 1. The Balaban J connectivity index is 1.94. The first-order valence-electron chi connectivity index (χ1n) is 6.91. The molecule has 2 aromatic rings. The summed E-state index contributed by atoms with van der Waals surface area (Å²) in [5.74, 6) is 1.34. The third kappa shape index (κ3) is 4.61. The SMILES string of the molecule is CC(CO)CNC(=O)c1ccc(Oc2ccccc2)cc1. The average Bonchev–Trinajstić information content (AvgIpc) is 2.54. The number of aliphatic hydroxyl groups is 1. The Morgan fingerprint density at radius 1 is 1.10 bits per heavy atom. The summed E-state index contributed by atoms with van der Waals surface area (Å²) in [6, 6.07) is 16.4. The van der Waals surface area contributed by atoms with Crippen LogP contribution < -0.4 is 10.1 Å². The lowest BCUT2D eigenvalue weighted by molar-refractivity contribution is 0.0942. The fraction of sp³-hybridized carbons (Fsp3) is 0.235. The Hall–Kier alpha value is -2.33. The van der Waals surface area contributed by atoms with E-state index in [9.17, 15) is 4.79 Å². The van der Waals surface area contributed by atoms with Crippen molar-refractivity contribution in [3.63, 3.8) is 0 Å². The minimum Gasteiger partial charge on any atom is -0.457 e. The van der Waals surface area contributed by atoms with Gasteiger partial charge in [0.05, 0.1) is 0 Å². The summed E-state index contributed by atoms with van der Waals surface area (Å²) < 4.78 is 5.66. The molecular weight excluding hydrogens is 266 g/mol. The first-order chi connectivity index (χ1) is 10.2. The number of ether oxygens (including phenoxy) is 1. The van der Waals surface area contributed by atoms with E-state index in [4.69, 9.17) is 9.84 Å². The minimum absolute atomic E-state index is 0.0506. The zero-order chi connectivity index (χ0) is 15.1. The minimum atomic E-state index is -0.151. The van der Waals surface area contributed by atoms with Crippen molar-refractivity contribution in [1.29, 1.82) is 0 Å². The summed E-state index contributed by atoms with van der Waals surface area (Å²) in [7, 11) is 0. The monoisotopic (exact) mass is 285 g/mol. The van der Waals surface area contributed by atoms with E-state index in [1.807, 2.05) is 37.3 Å². The van der Waals surface area contributed by atoms with Crippen molar-refractivity contribution in [1.82, 2.24) is 5.32 Å². The molecule has 0 spiro atoms. The fourth-order valence-electron chi connectivity index (χ4n) is 1.73. The van der Waals surface area contributed by atoms with Gasteiger partial charge in [0.15, 0.2) is 0 Å². The number of hydrogen-bond acceptors (Lipinski definition) is 3. The van der Waals surface area contributed by atoms with Crippen molar-refractivity contribution in [3.8, 4) is 11.5 Å². The number of carbonyl (C=O) groups excluding carboxylic acids is 1. The first-order valence-corrected chi connectivity index (χ1v) is 6.91. The zero-order valence-electron chi connectivity index (χ0n) is 12.0. The molecule has 2 aromatic carbocycles. The van der Waals surface area contributed by atoms with Gasteiger partial charge in [0.1, 0.15) is 11.5 Å². The molecule has 1 amide bonds. The van der Waals surface area contributed by atoms with Gasteiger partial charge in [-0.1, -0.05) is 25.1 Å². The molecule has 21 heavy (non-hydrogen) atoms. The van der Waals surface area contributed by atoms with Crippen molar-refractivity contribution < 1.29 is 14.6 Å². The molecule has 110 valence electrons. The van der Waals surface area contributed by atoms with Gasteiger partial charge in [0, 0.05) is 18.7 Å². The largest absolute Gasteiger partial charge is 0.457 e. The van der Waals surface area contributed by atoms with Gasteiger partial charge in [-0.05, 0) is 42.3 Å². The van der Waals surface area contributed by atoms with E-state index in [1.54, 1.807) is 24.3 Å². The van der Waals surface area contributed by atoms with Crippen LogP contribution in [0.15, 0.2) is 54.6 Å². The normalized spacial score (nSPS) is 11.7. The average molecular weight is 285 g/mol. The van der Waals surface area contributed by atoms with Crippen LogP contribution in [0.4, 0.5) is 0 Å². The molecule has 0 aliphatic heterocycles. The quantitative estimate of drug-likeness (QED) is 0.858. The predicted molar refractivity (Wildman–Crippen MR) is 81.5 cm³/mol. The van der Waals surface area contributed by atoms with Crippen molar-refractivity contribution >= 4 is 5.91 Å². The maximum absolute atomic E-state index is 11.9. The summed E-state index contributed by atoms with van der Waals surface area (Å²) in [6.45, 7) is 2.39. The molecule has 4 heteroatoms. The van der Waals surface area contributed by atoms with Gasteiger partial charge in [0.25, 0.3) is 5.91 Å². The molecule has 2 rings (SSSR count). The Kier molecular flexibility index (Phi) is 5.35. The van der Waals surface area contributed by atoms with E-state index < -0.39 is 0 Å². The molecule has 0 aliphatic rings.